The minimum atomic E-state index is -0.570. The van der Waals surface area contributed by atoms with Gasteiger partial charge in [-0.1, -0.05) is 84.9 Å². The zero-order valence-electron chi connectivity index (χ0n) is 28.2. The van der Waals surface area contributed by atoms with E-state index < -0.39 is 6.29 Å². The van der Waals surface area contributed by atoms with Crippen LogP contribution in [0.2, 0.25) is 0 Å². The molecule has 0 radical (unpaired) electrons. The van der Waals surface area contributed by atoms with Crippen molar-refractivity contribution in [2.24, 2.45) is 0 Å². The second kappa shape index (κ2) is 16.9. The van der Waals surface area contributed by atoms with E-state index in [1.165, 1.54) is 0 Å². The van der Waals surface area contributed by atoms with E-state index in [0.29, 0.717) is 37.3 Å². The summed E-state index contributed by atoms with van der Waals surface area (Å²) in [5.41, 5.74) is 12.8. The van der Waals surface area contributed by atoms with Crippen molar-refractivity contribution in [1.82, 2.24) is 10.2 Å². The van der Waals surface area contributed by atoms with Crippen LogP contribution in [0.5, 0.6) is 0 Å². The number of para-hydroxylation sites is 2. The summed E-state index contributed by atoms with van der Waals surface area (Å²) in [6, 6.07) is 31.1. The minimum absolute atomic E-state index is 0.00843. The second-order valence-corrected chi connectivity index (χ2v) is 13.1. The Morgan fingerprint density at radius 1 is 0.860 bits per heavy atom. The Morgan fingerprint density at radius 3 is 2.32 bits per heavy atom. The molecular weight excluding hydrogens is 632 g/mol. The molecule has 2 aliphatic heterocycles. The van der Waals surface area contributed by atoms with E-state index in [2.05, 4.69) is 15.5 Å². The maximum Gasteiger partial charge on any atom is 0.224 e. The van der Waals surface area contributed by atoms with E-state index in [1.807, 2.05) is 72.8 Å². The van der Waals surface area contributed by atoms with E-state index in [9.17, 15) is 19.8 Å². The number of nitrogens with zero attached hydrogens (tertiary/aromatic N) is 1. The summed E-state index contributed by atoms with van der Waals surface area (Å²) in [6.45, 7) is 2.57. The molecule has 4 aromatic rings. The second-order valence-electron chi connectivity index (χ2n) is 13.1. The van der Waals surface area contributed by atoms with Gasteiger partial charge < -0.3 is 36.1 Å². The van der Waals surface area contributed by atoms with Gasteiger partial charge in [-0.25, -0.2) is 0 Å². The van der Waals surface area contributed by atoms with Crippen LogP contribution in [0.3, 0.4) is 0 Å². The van der Waals surface area contributed by atoms with Gasteiger partial charge in [-0.3, -0.25) is 14.5 Å². The highest BCUT2D eigenvalue weighted by atomic mass is 16.7. The number of hydrogen-bond acceptors (Lipinski definition) is 8. The molecule has 0 bridgehead atoms. The third kappa shape index (κ3) is 9.35. The van der Waals surface area contributed by atoms with Gasteiger partial charge >= 0.3 is 0 Å². The number of rotatable bonds is 13. The summed E-state index contributed by atoms with van der Waals surface area (Å²) in [4.78, 5) is 27.2. The number of carbonyl (C=O) groups excluding carboxylic acids is 2. The maximum absolute atomic E-state index is 12.7. The van der Waals surface area contributed by atoms with Crippen LogP contribution in [0, 0.1) is 0 Å². The number of aliphatic hydroxyl groups excluding tert-OH is 2. The van der Waals surface area contributed by atoms with Crippen LogP contribution in [0.15, 0.2) is 97.1 Å². The van der Waals surface area contributed by atoms with Crippen molar-refractivity contribution in [3.05, 3.63) is 119 Å². The van der Waals surface area contributed by atoms with Crippen LogP contribution in [-0.4, -0.2) is 58.8 Å². The van der Waals surface area contributed by atoms with E-state index in [4.69, 9.17) is 15.2 Å². The molecule has 2 amide bonds. The first kappa shape index (κ1) is 35.3. The van der Waals surface area contributed by atoms with Crippen molar-refractivity contribution in [1.29, 1.82) is 0 Å². The normalized spacial score (nSPS) is 20.8. The molecule has 4 atom stereocenters. The highest BCUT2D eigenvalue weighted by Crippen LogP contribution is 2.39. The van der Waals surface area contributed by atoms with Crippen molar-refractivity contribution >= 4 is 23.2 Å². The van der Waals surface area contributed by atoms with Gasteiger partial charge in [0.25, 0.3) is 0 Å². The van der Waals surface area contributed by atoms with Gasteiger partial charge in [0.2, 0.25) is 11.8 Å². The van der Waals surface area contributed by atoms with Gasteiger partial charge in [0.1, 0.15) is 0 Å². The standard InChI is InChI=1S/C40H46N4O6/c41-35-8-3-4-9-36(35)43-39(48)11-5-10-38(47)42-23-31-6-1-2-7-34(31)28-16-18-30(19-17-28)40-49-33(25-44-21-20-32(46)24-44)22-37(50-40)29-14-12-27(26-45)13-15-29/h1-4,6-9,12-19,32-33,37,40,45-46H,5,10-11,20-26,41H2,(H,42,47)(H,43,48)/t32-,33-,37+,40+/m0/s1. The van der Waals surface area contributed by atoms with Gasteiger partial charge in [-0.15, -0.1) is 0 Å². The van der Waals surface area contributed by atoms with Gasteiger partial charge in [-0.05, 0) is 52.8 Å². The fourth-order valence-corrected chi connectivity index (χ4v) is 6.59. The average molecular weight is 679 g/mol. The molecule has 0 aliphatic carbocycles. The molecule has 0 unspecified atom stereocenters. The number of ether oxygens (including phenoxy) is 2. The molecule has 10 heteroatoms. The Bertz CT molecular complexity index is 1730. The monoisotopic (exact) mass is 678 g/mol. The minimum Gasteiger partial charge on any atom is -0.397 e. The van der Waals surface area contributed by atoms with Crippen LogP contribution >= 0.6 is 0 Å². The smallest absolute Gasteiger partial charge is 0.224 e. The molecule has 262 valence electrons. The van der Waals surface area contributed by atoms with Gasteiger partial charge in [0.05, 0.1) is 36.3 Å². The Labute approximate surface area is 293 Å². The fraction of sp³-hybridized carbons (Fsp3) is 0.350. The molecule has 2 fully saturated rings. The van der Waals surface area contributed by atoms with Crippen LogP contribution in [0.4, 0.5) is 11.4 Å². The average Bonchev–Trinajstić information content (AvgIpc) is 3.55. The SMILES string of the molecule is Nc1ccccc1NC(=O)CCCC(=O)NCc1ccccc1-c1ccc([C@@H]2O[C@H](CN3CC[C@H](O)C3)C[C@H](c3ccc(CO)cc3)O2)cc1. The number of hydrogen-bond donors (Lipinski definition) is 5. The topological polar surface area (TPSA) is 146 Å². The quantitative estimate of drug-likeness (QED) is 0.117. The summed E-state index contributed by atoms with van der Waals surface area (Å²) in [5, 5.41) is 25.4. The lowest BCUT2D eigenvalue weighted by Crippen LogP contribution is -2.38. The summed E-state index contributed by atoms with van der Waals surface area (Å²) in [7, 11) is 0. The van der Waals surface area contributed by atoms with E-state index in [1.54, 1.807) is 24.3 Å². The summed E-state index contributed by atoms with van der Waals surface area (Å²) < 4.78 is 13.1. The molecule has 6 rings (SSSR count). The molecule has 0 aromatic heterocycles. The van der Waals surface area contributed by atoms with Crippen LogP contribution in [-0.2, 0) is 32.2 Å². The van der Waals surface area contributed by atoms with Crippen LogP contribution < -0.4 is 16.4 Å². The summed E-state index contributed by atoms with van der Waals surface area (Å²) in [6.07, 6.45) is 1.22. The zero-order chi connectivity index (χ0) is 34.9. The number of amides is 2. The molecule has 0 saturated carbocycles. The summed E-state index contributed by atoms with van der Waals surface area (Å²) >= 11 is 0. The lowest BCUT2D eigenvalue weighted by molar-refractivity contribution is -0.252. The molecule has 6 N–H and O–H groups in total. The van der Waals surface area contributed by atoms with Crippen molar-refractivity contribution in [3.63, 3.8) is 0 Å². The Morgan fingerprint density at radius 2 is 1.58 bits per heavy atom. The molecule has 2 aliphatic rings. The zero-order valence-corrected chi connectivity index (χ0v) is 28.2. The highest BCUT2D eigenvalue weighted by molar-refractivity contribution is 5.94. The van der Waals surface area contributed by atoms with Gasteiger partial charge in [0, 0.05) is 51.0 Å². The first-order chi connectivity index (χ1) is 24.3. The number of carbonyl (C=O) groups is 2. The molecule has 0 spiro atoms. The number of anilines is 2. The van der Waals surface area contributed by atoms with Crippen molar-refractivity contribution < 1.29 is 29.3 Å². The van der Waals surface area contributed by atoms with Crippen molar-refractivity contribution in [2.75, 3.05) is 30.7 Å². The number of likely N-dealkylation sites (tertiary alicyclic amines) is 1. The first-order valence-corrected chi connectivity index (χ1v) is 17.3. The largest absolute Gasteiger partial charge is 0.397 e. The van der Waals surface area contributed by atoms with Crippen LogP contribution in [0.1, 0.15) is 66.8 Å². The maximum atomic E-state index is 12.7. The van der Waals surface area contributed by atoms with E-state index in [-0.39, 0.29) is 49.6 Å². The fourth-order valence-electron chi connectivity index (χ4n) is 6.59. The lowest BCUT2D eigenvalue weighted by Gasteiger charge is -2.38. The predicted molar refractivity (Wildman–Crippen MR) is 193 cm³/mol. The lowest BCUT2D eigenvalue weighted by atomic mass is 9.97. The molecule has 2 heterocycles. The Balaban J connectivity index is 1.07. The summed E-state index contributed by atoms with van der Waals surface area (Å²) in [5.74, 6) is -0.296. The van der Waals surface area contributed by atoms with Crippen molar-refractivity contribution in [2.45, 2.75) is 69.9 Å². The Hall–Kier alpha value is -4.58. The highest BCUT2D eigenvalue weighted by Gasteiger charge is 2.34. The predicted octanol–water partition coefficient (Wildman–Crippen LogP) is 5.47. The first-order valence-electron chi connectivity index (χ1n) is 17.3. The molecule has 50 heavy (non-hydrogen) atoms. The molecule has 10 nitrogen and oxygen atoms in total. The molecule has 2 saturated heterocycles. The third-order valence-corrected chi connectivity index (χ3v) is 9.35. The number of benzene rings is 4. The van der Waals surface area contributed by atoms with Crippen LogP contribution in [0.25, 0.3) is 11.1 Å². The van der Waals surface area contributed by atoms with Gasteiger partial charge in [0.15, 0.2) is 6.29 Å². The Kier molecular flexibility index (Phi) is 11.9. The van der Waals surface area contributed by atoms with E-state index in [0.717, 1.165) is 52.9 Å². The number of aliphatic hydroxyl groups is 2. The third-order valence-electron chi connectivity index (χ3n) is 9.35. The number of nitrogens with two attached hydrogens (primary N) is 1. The number of β-amino-alcohol motifs (C(OH)–C–C–N with tert-alkyl or cyclic N) is 1. The van der Waals surface area contributed by atoms with E-state index >= 15 is 0 Å². The molecule has 4 aromatic carbocycles. The number of nitrogens with one attached hydrogen (secondary N) is 2. The number of nitrogen functional groups attached to an aromatic ring is 1. The molecular formula is C40H46N4O6. The van der Waals surface area contributed by atoms with Gasteiger partial charge in [-0.2, -0.15) is 0 Å². The van der Waals surface area contributed by atoms with Crippen molar-refractivity contribution in [3.8, 4) is 11.1 Å².